The van der Waals surface area contributed by atoms with Gasteiger partial charge in [0.1, 0.15) is 5.75 Å². The monoisotopic (exact) mass is 400 g/mol. The van der Waals surface area contributed by atoms with E-state index in [9.17, 15) is 4.79 Å². The Morgan fingerprint density at radius 2 is 1.83 bits per heavy atom. The molecule has 6 heteroatoms. The molecule has 2 N–H and O–H groups in total. The third-order valence-corrected chi connectivity index (χ3v) is 5.00. The van der Waals surface area contributed by atoms with Crippen molar-refractivity contribution < 1.29 is 9.53 Å². The quantitative estimate of drug-likeness (QED) is 0.500. The van der Waals surface area contributed by atoms with Crippen LogP contribution in [0.25, 0.3) is 22.0 Å². The maximum Gasteiger partial charge on any atom is 0.229 e. The predicted molar refractivity (Wildman–Crippen MR) is 121 cm³/mol. The normalized spacial score (nSPS) is 10.8. The minimum absolute atomic E-state index is 0.105. The number of methoxy groups -OCH3 is 1. The van der Waals surface area contributed by atoms with Gasteiger partial charge in [0.2, 0.25) is 5.91 Å². The minimum atomic E-state index is -0.105. The van der Waals surface area contributed by atoms with Gasteiger partial charge in [-0.05, 0) is 34.5 Å². The summed E-state index contributed by atoms with van der Waals surface area (Å²) in [5, 5.41) is 12.4. The summed E-state index contributed by atoms with van der Waals surface area (Å²) in [6.45, 7) is 0. The number of rotatable bonds is 6. The van der Waals surface area contributed by atoms with E-state index in [0.717, 1.165) is 39.0 Å². The van der Waals surface area contributed by atoms with Gasteiger partial charge in [0.05, 0.1) is 24.9 Å². The van der Waals surface area contributed by atoms with E-state index in [1.54, 1.807) is 7.11 Å². The topological polar surface area (TPSA) is 70.2 Å². The van der Waals surface area contributed by atoms with Crippen molar-refractivity contribution in [3.63, 3.8) is 0 Å². The predicted octanol–water partition coefficient (Wildman–Crippen LogP) is 4.49. The summed E-state index contributed by atoms with van der Waals surface area (Å²) in [4.78, 5) is 14.5. The van der Waals surface area contributed by atoms with E-state index >= 15 is 0 Å². The number of ether oxygens (including phenoxy) is 1. The summed E-state index contributed by atoms with van der Waals surface area (Å²) < 4.78 is 5.41. The summed E-state index contributed by atoms with van der Waals surface area (Å²) >= 11 is 0. The fourth-order valence-electron chi connectivity index (χ4n) is 3.46. The SMILES string of the molecule is COc1ccc(-c2cc(NC(=O)Cc3ccc4ccccc4c3)n[nH]2)cc1N(C)C. The Kier molecular flexibility index (Phi) is 5.39. The number of carbonyl (C=O) groups excluding carboxylic acids is 1. The van der Waals surface area contributed by atoms with Gasteiger partial charge in [0.15, 0.2) is 5.82 Å². The summed E-state index contributed by atoms with van der Waals surface area (Å²) in [7, 11) is 5.58. The van der Waals surface area contributed by atoms with Gasteiger partial charge in [-0.3, -0.25) is 9.89 Å². The zero-order valence-electron chi connectivity index (χ0n) is 17.3. The number of hydrogen-bond acceptors (Lipinski definition) is 4. The van der Waals surface area contributed by atoms with Gasteiger partial charge in [-0.1, -0.05) is 42.5 Å². The van der Waals surface area contributed by atoms with Crippen molar-refractivity contribution in [2.75, 3.05) is 31.4 Å². The molecule has 0 bridgehead atoms. The van der Waals surface area contributed by atoms with Crippen LogP contribution in [0, 0.1) is 0 Å². The molecule has 0 saturated heterocycles. The number of nitrogens with zero attached hydrogens (tertiary/aromatic N) is 2. The molecule has 0 saturated carbocycles. The average molecular weight is 400 g/mol. The Labute approximate surface area is 175 Å². The standard InChI is InChI=1S/C24H24N4O2/c1-28(2)21-14-19(10-11-22(21)30-3)20-15-23(27-26-20)25-24(29)13-16-8-9-17-6-4-5-7-18(17)12-16/h4-12,14-15H,13H2,1-3H3,(H2,25,26,27,29). The lowest BCUT2D eigenvalue weighted by molar-refractivity contribution is -0.115. The lowest BCUT2D eigenvalue weighted by Crippen LogP contribution is -2.14. The summed E-state index contributed by atoms with van der Waals surface area (Å²) in [6.07, 6.45) is 0.292. The molecular formula is C24H24N4O2. The third-order valence-electron chi connectivity index (χ3n) is 5.00. The number of fused-ring (bicyclic) bond motifs is 1. The first-order valence-electron chi connectivity index (χ1n) is 9.72. The molecule has 0 aliphatic rings. The van der Waals surface area contributed by atoms with Crippen molar-refractivity contribution in [1.82, 2.24) is 10.2 Å². The highest BCUT2D eigenvalue weighted by Gasteiger charge is 2.12. The van der Waals surface area contributed by atoms with Crippen molar-refractivity contribution in [2.24, 2.45) is 0 Å². The molecule has 0 aliphatic carbocycles. The second-order valence-corrected chi connectivity index (χ2v) is 7.35. The Bertz CT molecular complexity index is 1200. The van der Waals surface area contributed by atoms with Crippen LogP contribution in [-0.2, 0) is 11.2 Å². The number of benzene rings is 3. The lowest BCUT2D eigenvalue weighted by atomic mass is 10.0. The van der Waals surface area contributed by atoms with Crippen LogP contribution < -0.4 is 15.0 Å². The summed E-state index contributed by atoms with van der Waals surface area (Å²) in [5.74, 6) is 1.19. The highest BCUT2D eigenvalue weighted by molar-refractivity contribution is 5.93. The molecular weight excluding hydrogens is 376 g/mol. The van der Waals surface area contributed by atoms with E-state index in [1.165, 1.54) is 0 Å². The highest BCUT2D eigenvalue weighted by Crippen LogP contribution is 2.32. The van der Waals surface area contributed by atoms with Crippen LogP contribution in [-0.4, -0.2) is 37.3 Å². The molecule has 4 aromatic rings. The number of amides is 1. The molecule has 1 heterocycles. The third kappa shape index (κ3) is 4.12. The van der Waals surface area contributed by atoms with E-state index in [2.05, 4.69) is 21.6 Å². The number of carbonyl (C=O) groups is 1. The molecule has 0 spiro atoms. The second kappa shape index (κ2) is 8.29. The van der Waals surface area contributed by atoms with E-state index in [4.69, 9.17) is 4.74 Å². The van der Waals surface area contributed by atoms with E-state index < -0.39 is 0 Å². The molecule has 152 valence electrons. The number of H-pyrrole nitrogens is 1. The van der Waals surface area contributed by atoms with Gasteiger partial charge < -0.3 is 15.0 Å². The average Bonchev–Trinajstić information content (AvgIpc) is 3.21. The zero-order chi connectivity index (χ0) is 21.1. The lowest BCUT2D eigenvalue weighted by Gasteiger charge is -2.17. The number of hydrogen-bond donors (Lipinski definition) is 2. The van der Waals surface area contributed by atoms with E-state index in [-0.39, 0.29) is 5.91 Å². The highest BCUT2D eigenvalue weighted by atomic mass is 16.5. The molecule has 1 amide bonds. The van der Waals surface area contributed by atoms with Gasteiger partial charge in [-0.15, -0.1) is 0 Å². The van der Waals surface area contributed by atoms with Crippen molar-refractivity contribution in [3.05, 3.63) is 72.3 Å². The van der Waals surface area contributed by atoms with Crippen LogP contribution in [0.2, 0.25) is 0 Å². The van der Waals surface area contributed by atoms with E-state index in [1.807, 2.05) is 79.7 Å². The molecule has 4 rings (SSSR count). The molecule has 30 heavy (non-hydrogen) atoms. The Morgan fingerprint density at radius 1 is 1.03 bits per heavy atom. The van der Waals surface area contributed by atoms with Crippen LogP contribution in [0.5, 0.6) is 5.75 Å². The molecule has 6 nitrogen and oxygen atoms in total. The molecule has 0 radical (unpaired) electrons. The van der Waals surface area contributed by atoms with Gasteiger partial charge in [-0.25, -0.2) is 0 Å². The van der Waals surface area contributed by atoms with Crippen LogP contribution >= 0.6 is 0 Å². The second-order valence-electron chi connectivity index (χ2n) is 7.35. The van der Waals surface area contributed by atoms with Crippen LogP contribution in [0.3, 0.4) is 0 Å². The molecule has 0 unspecified atom stereocenters. The minimum Gasteiger partial charge on any atom is -0.495 e. The maximum absolute atomic E-state index is 12.5. The smallest absolute Gasteiger partial charge is 0.229 e. The van der Waals surface area contributed by atoms with Crippen LogP contribution in [0.4, 0.5) is 11.5 Å². The van der Waals surface area contributed by atoms with Crippen molar-refractivity contribution >= 4 is 28.2 Å². The molecule has 3 aromatic carbocycles. The molecule has 0 fully saturated rings. The fraction of sp³-hybridized carbons (Fsp3) is 0.167. The molecule has 0 aliphatic heterocycles. The maximum atomic E-state index is 12.5. The van der Waals surface area contributed by atoms with Crippen molar-refractivity contribution in [3.8, 4) is 17.0 Å². The fourth-order valence-corrected chi connectivity index (χ4v) is 3.46. The van der Waals surface area contributed by atoms with Crippen molar-refractivity contribution in [1.29, 1.82) is 0 Å². The first-order chi connectivity index (χ1) is 14.5. The van der Waals surface area contributed by atoms with Crippen molar-refractivity contribution in [2.45, 2.75) is 6.42 Å². The molecule has 1 aromatic heterocycles. The molecule has 0 atom stereocenters. The first-order valence-corrected chi connectivity index (χ1v) is 9.72. The van der Waals surface area contributed by atoms with E-state index in [0.29, 0.717) is 12.2 Å². The Morgan fingerprint density at radius 3 is 2.60 bits per heavy atom. The van der Waals surface area contributed by atoms with Gasteiger partial charge in [0.25, 0.3) is 0 Å². The first kappa shape index (κ1) is 19.5. The summed E-state index contributed by atoms with van der Waals surface area (Å²) in [6, 6.07) is 21.9. The zero-order valence-corrected chi connectivity index (χ0v) is 17.3. The number of aromatic amines is 1. The van der Waals surface area contributed by atoms with Crippen LogP contribution in [0.15, 0.2) is 66.7 Å². The Hall–Kier alpha value is -3.80. The number of nitrogens with one attached hydrogen (secondary N) is 2. The van der Waals surface area contributed by atoms with Gasteiger partial charge >= 0.3 is 0 Å². The Balaban J connectivity index is 1.47. The van der Waals surface area contributed by atoms with Gasteiger partial charge in [0, 0.05) is 25.7 Å². The van der Waals surface area contributed by atoms with Gasteiger partial charge in [-0.2, -0.15) is 5.10 Å². The number of anilines is 2. The summed E-state index contributed by atoms with van der Waals surface area (Å²) in [5.41, 5.74) is 3.71. The number of aromatic nitrogens is 2. The van der Waals surface area contributed by atoms with Crippen LogP contribution in [0.1, 0.15) is 5.56 Å². The largest absolute Gasteiger partial charge is 0.495 e.